The number of allylic oxidation sites excluding steroid dienone is 1. The molecule has 0 amide bonds. The predicted molar refractivity (Wildman–Crippen MR) is 143 cm³/mol. The van der Waals surface area contributed by atoms with Crippen LogP contribution in [0.3, 0.4) is 0 Å². The van der Waals surface area contributed by atoms with Crippen LogP contribution in [0, 0.1) is 17.5 Å². The molecule has 0 saturated carbocycles. The van der Waals surface area contributed by atoms with Gasteiger partial charge in [0.05, 0.1) is 17.8 Å². The van der Waals surface area contributed by atoms with Crippen molar-refractivity contribution < 1.29 is 26.3 Å². The Bertz CT molecular complexity index is 1500. The molecule has 1 atom stereocenters. The summed E-state index contributed by atoms with van der Waals surface area (Å²) < 4.78 is 85.0. The molecule has 0 radical (unpaired) electrons. The van der Waals surface area contributed by atoms with Gasteiger partial charge in [0.15, 0.2) is 0 Å². The first-order valence-electron chi connectivity index (χ1n) is 13.1. The zero-order valence-corrected chi connectivity index (χ0v) is 21.8. The average molecular weight is 559 g/mol. The van der Waals surface area contributed by atoms with Crippen molar-refractivity contribution >= 4 is 16.6 Å². The van der Waals surface area contributed by atoms with E-state index in [1.54, 1.807) is 12.1 Å². The lowest BCUT2D eigenvalue weighted by atomic mass is 10.0. The molecule has 0 unspecified atom stereocenters. The third-order valence-corrected chi connectivity index (χ3v) is 7.06. The van der Waals surface area contributed by atoms with Crippen LogP contribution in [0.15, 0.2) is 66.7 Å². The van der Waals surface area contributed by atoms with Gasteiger partial charge in [-0.2, -0.15) is 18.3 Å². The number of hydrogen-bond donors (Lipinski definition) is 1. The molecular weight excluding hydrogens is 530 g/mol. The number of fused-ring (bicyclic) bond motifs is 1. The lowest BCUT2D eigenvalue weighted by molar-refractivity contribution is -0.136. The Balaban J connectivity index is 1.48. The zero-order valence-electron chi connectivity index (χ0n) is 21.8. The van der Waals surface area contributed by atoms with Gasteiger partial charge in [-0.3, -0.25) is 9.58 Å². The van der Waals surface area contributed by atoms with Crippen LogP contribution >= 0.6 is 0 Å². The molecule has 4 nitrogen and oxygen atoms in total. The number of nitrogens with zero attached hydrogens (tertiary/aromatic N) is 3. The van der Waals surface area contributed by atoms with Crippen molar-refractivity contribution in [3.8, 4) is 11.3 Å². The summed E-state index contributed by atoms with van der Waals surface area (Å²) in [5.74, 6) is -3.38. The predicted octanol–water partition coefficient (Wildman–Crippen LogP) is 7.64. The van der Waals surface area contributed by atoms with Gasteiger partial charge < -0.3 is 5.32 Å². The maximum absolute atomic E-state index is 14.5. The normalized spacial score (nSPS) is 16.4. The molecule has 10 heteroatoms. The summed E-state index contributed by atoms with van der Waals surface area (Å²) in [4.78, 5) is 2.36. The Hall–Kier alpha value is -3.79. The zero-order chi connectivity index (χ0) is 28.4. The van der Waals surface area contributed by atoms with Gasteiger partial charge in [0, 0.05) is 60.0 Å². The highest BCUT2D eigenvalue weighted by Crippen LogP contribution is 2.38. The molecule has 0 aliphatic carbocycles. The fourth-order valence-corrected chi connectivity index (χ4v) is 5.14. The van der Waals surface area contributed by atoms with Crippen LogP contribution in [0.2, 0.25) is 0 Å². The van der Waals surface area contributed by atoms with Crippen LogP contribution in [0.4, 0.5) is 32.0 Å². The lowest BCUT2D eigenvalue weighted by Crippen LogP contribution is -2.26. The second kappa shape index (κ2) is 11.4. The van der Waals surface area contributed by atoms with Crippen molar-refractivity contribution in [2.75, 3.05) is 25.0 Å². The van der Waals surface area contributed by atoms with Gasteiger partial charge in [-0.15, -0.1) is 0 Å². The van der Waals surface area contributed by atoms with E-state index in [0.717, 1.165) is 48.9 Å². The number of alkyl halides is 3. The Morgan fingerprint density at radius 1 is 1.00 bits per heavy atom. The number of benzene rings is 3. The number of halogens is 6. The number of nitrogens with one attached hydrogen (secondary N) is 1. The van der Waals surface area contributed by atoms with E-state index in [1.165, 1.54) is 12.1 Å². The van der Waals surface area contributed by atoms with Crippen LogP contribution in [-0.4, -0.2) is 40.4 Å². The summed E-state index contributed by atoms with van der Waals surface area (Å²) in [7, 11) is 0. The van der Waals surface area contributed by atoms with E-state index in [0.29, 0.717) is 17.7 Å². The fraction of sp³-hybridized carbons (Fsp3) is 0.300. The molecule has 2 heterocycles. The molecule has 5 rings (SSSR count). The molecule has 210 valence electrons. The topological polar surface area (TPSA) is 33.1 Å². The third kappa shape index (κ3) is 5.86. The van der Waals surface area contributed by atoms with Crippen molar-refractivity contribution in [2.45, 2.75) is 38.5 Å². The smallest absolute Gasteiger partial charge is 0.381 e. The van der Waals surface area contributed by atoms with Crippen LogP contribution in [0.25, 0.3) is 22.2 Å². The Morgan fingerprint density at radius 2 is 1.73 bits per heavy atom. The van der Waals surface area contributed by atoms with Crippen LogP contribution in [-0.2, 0) is 12.7 Å². The van der Waals surface area contributed by atoms with E-state index in [4.69, 9.17) is 0 Å². The highest BCUT2D eigenvalue weighted by Gasteiger charge is 2.34. The third-order valence-electron chi connectivity index (χ3n) is 7.06. The van der Waals surface area contributed by atoms with Crippen LogP contribution in [0.5, 0.6) is 0 Å². The number of aromatic nitrogens is 2. The van der Waals surface area contributed by atoms with Crippen molar-refractivity contribution in [2.24, 2.45) is 0 Å². The minimum atomic E-state index is -4.68. The Labute approximate surface area is 227 Å². The number of anilines is 1. The van der Waals surface area contributed by atoms with Gasteiger partial charge in [-0.25, -0.2) is 13.2 Å². The van der Waals surface area contributed by atoms with Gasteiger partial charge >= 0.3 is 6.18 Å². The molecule has 0 bridgehead atoms. The molecule has 3 aromatic carbocycles. The minimum absolute atomic E-state index is 0.185. The van der Waals surface area contributed by atoms with Crippen molar-refractivity contribution in [1.82, 2.24) is 14.7 Å². The molecule has 1 aliphatic rings. The van der Waals surface area contributed by atoms with E-state index in [-0.39, 0.29) is 22.6 Å². The van der Waals surface area contributed by atoms with Gasteiger partial charge in [-0.1, -0.05) is 43.3 Å². The lowest BCUT2D eigenvalue weighted by Gasteiger charge is -2.16. The molecule has 1 N–H and O–H groups in total. The maximum atomic E-state index is 14.5. The second-order valence-electron chi connectivity index (χ2n) is 9.90. The summed E-state index contributed by atoms with van der Waals surface area (Å²) in [5.41, 5.74) is -0.150. The largest absolute Gasteiger partial charge is 0.418 e. The molecule has 1 aliphatic heterocycles. The second-order valence-corrected chi connectivity index (χ2v) is 9.90. The van der Waals surface area contributed by atoms with Gasteiger partial charge in [0.2, 0.25) is 0 Å². The van der Waals surface area contributed by atoms with Gasteiger partial charge in [0.1, 0.15) is 23.0 Å². The van der Waals surface area contributed by atoms with Crippen molar-refractivity contribution in [3.05, 3.63) is 95.3 Å². The maximum Gasteiger partial charge on any atom is 0.418 e. The summed E-state index contributed by atoms with van der Waals surface area (Å²) in [6.07, 6.45) is 1.61. The SMILES string of the molecule is CCC=CCN1CC[C@H](Nc2ccc(-c3c4cccc(C(F)(F)F)c4nn3Cc3c(F)cc(F)cc3F)cc2)C1. The van der Waals surface area contributed by atoms with Crippen molar-refractivity contribution in [3.63, 3.8) is 0 Å². The van der Waals surface area contributed by atoms with Gasteiger partial charge in [0.25, 0.3) is 0 Å². The van der Waals surface area contributed by atoms with Crippen LogP contribution in [0.1, 0.15) is 30.9 Å². The number of rotatable bonds is 8. The average Bonchev–Trinajstić information content (AvgIpc) is 3.50. The van der Waals surface area contributed by atoms with Gasteiger partial charge in [-0.05, 0) is 31.0 Å². The van der Waals surface area contributed by atoms with E-state index in [1.807, 2.05) is 12.1 Å². The van der Waals surface area contributed by atoms with E-state index in [2.05, 4.69) is 34.4 Å². The fourth-order valence-electron chi connectivity index (χ4n) is 5.14. The Morgan fingerprint density at radius 3 is 2.40 bits per heavy atom. The number of likely N-dealkylation sites (tertiary alicyclic amines) is 1. The molecule has 4 aromatic rings. The Kier molecular flexibility index (Phi) is 7.89. The van der Waals surface area contributed by atoms with E-state index in [9.17, 15) is 26.3 Å². The molecular formula is C30H28F6N4. The highest BCUT2D eigenvalue weighted by atomic mass is 19.4. The number of hydrogen-bond acceptors (Lipinski definition) is 3. The molecule has 1 fully saturated rings. The first-order valence-corrected chi connectivity index (χ1v) is 13.1. The summed E-state index contributed by atoms with van der Waals surface area (Å²) >= 11 is 0. The van der Waals surface area contributed by atoms with Crippen LogP contribution < -0.4 is 5.32 Å². The van der Waals surface area contributed by atoms with E-state index < -0.39 is 41.3 Å². The quantitative estimate of drug-likeness (QED) is 0.178. The first-order chi connectivity index (χ1) is 19.1. The summed E-state index contributed by atoms with van der Waals surface area (Å²) in [6.45, 7) is 4.34. The first kappa shape index (κ1) is 27.8. The summed E-state index contributed by atoms with van der Waals surface area (Å²) in [6, 6.07) is 12.1. The summed E-state index contributed by atoms with van der Waals surface area (Å²) in [5, 5.41) is 7.83. The minimum Gasteiger partial charge on any atom is -0.381 e. The highest BCUT2D eigenvalue weighted by molar-refractivity contribution is 5.95. The standard InChI is InChI=1S/C30H28F6N4/c1-2-3-4-13-39-14-12-22(17-39)37-21-10-8-19(9-11-21)29-23-6-5-7-25(30(34,35)36)28(23)38-40(29)18-24-26(32)15-20(31)16-27(24)33/h3-11,15-16,22,37H,2,12-14,17-18H2,1H3/t22-/m0/s1. The molecule has 0 spiro atoms. The van der Waals surface area contributed by atoms with E-state index >= 15 is 0 Å². The molecule has 1 aromatic heterocycles. The van der Waals surface area contributed by atoms with Crippen molar-refractivity contribution in [1.29, 1.82) is 0 Å². The molecule has 40 heavy (non-hydrogen) atoms. The molecule has 1 saturated heterocycles. The monoisotopic (exact) mass is 558 g/mol.